The lowest BCUT2D eigenvalue weighted by molar-refractivity contribution is 0.0710. The van der Waals surface area contributed by atoms with E-state index in [0.717, 1.165) is 41.9 Å². The van der Waals surface area contributed by atoms with E-state index in [1.54, 1.807) is 37.7 Å². The van der Waals surface area contributed by atoms with Crippen LogP contribution in [0, 0.1) is 29.6 Å². The van der Waals surface area contributed by atoms with Crippen LogP contribution in [0.3, 0.4) is 0 Å². The minimum atomic E-state index is 0.819. The maximum absolute atomic E-state index is 3.87. The molecule has 0 aromatic heterocycles. The summed E-state index contributed by atoms with van der Waals surface area (Å²) in [6, 6.07) is 9.49. The summed E-state index contributed by atoms with van der Waals surface area (Å²) < 4.78 is 0. The zero-order chi connectivity index (χ0) is 20.8. The zero-order valence-corrected chi connectivity index (χ0v) is 19.7. The van der Waals surface area contributed by atoms with Crippen LogP contribution in [0.25, 0.3) is 0 Å². The van der Waals surface area contributed by atoms with E-state index in [9.17, 15) is 0 Å². The molecule has 0 bridgehead atoms. The van der Waals surface area contributed by atoms with Crippen LogP contribution in [0.4, 0.5) is 0 Å². The monoisotopic (exact) mass is 406 g/mol. The van der Waals surface area contributed by atoms with Crippen LogP contribution in [-0.4, -0.2) is 0 Å². The largest absolute Gasteiger partial charge is 0.103 e. The maximum atomic E-state index is 3.87. The van der Waals surface area contributed by atoms with E-state index in [1.807, 2.05) is 6.08 Å². The summed E-state index contributed by atoms with van der Waals surface area (Å²) >= 11 is 0. The van der Waals surface area contributed by atoms with Gasteiger partial charge in [0.2, 0.25) is 0 Å². The molecule has 4 atom stereocenters. The van der Waals surface area contributed by atoms with Crippen molar-refractivity contribution in [1.29, 1.82) is 0 Å². The molecule has 0 radical (unpaired) electrons. The molecule has 4 rings (SSSR count). The second-order valence-electron chi connectivity index (χ2n) is 11.1. The van der Waals surface area contributed by atoms with E-state index < -0.39 is 0 Å². The molecule has 0 heteroatoms. The van der Waals surface area contributed by atoms with Crippen LogP contribution in [0.2, 0.25) is 0 Å². The first-order valence-corrected chi connectivity index (χ1v) is 13.5. The van der Waals surface area contributed by atoms with E-state index in [-0.39, 0.29) is 0 Å². The van der Waals surface area contributed by atoms with E-state index in [1.165, 1.54) is 63.4 Å². The van der Waals surface area contributed by atoms with Crippen molar-refractivity contribution in [3.05, 3.63) is 48.0 Å². The normalized spacial score (nSPS) is 34.3. The maximum Gasteiger partial charge on any atom is -0.0100 e. The van der Waals surface area contributed by atoms with Crippen LogP contribution in [0.15, 0.2) is 36.9 Å². The Hall–Kier alpha value is -1.04. The summed E-state index contributed by atoms with van der Waals surface area (Å²) in [5.41, 5.74) is 3.01. The van der Waals surface area contributed by atoms with E-state index in [4.69, 9.17) is 0 Å². The predicted molar refractivity (Wildman–Crippen MR) is 131 cm³/mol. The minimum absolute atomic E-state index is 0.819. The number of allylic oxidation sites excluding steroid dienone is 1. The molecule has 1 aromatic rings. The first kappa shape index (κ1) is 22.2. The molecule has 3 fully saturated rings. The lowest BCUT2D eigenvalue weighted by Gasteiger charge is -2.45. The Kier molecular flexibility index (Phi) is 8.14. The molecule has 0 N–H and O–H groups in total. The lowest BCUT2D eigenvalue weighted by Crippen LogP contribution is -2.34. The lowest BCUT2D eigenvalue weighted by atomic mass is 9.60. The smallest absolute Gasteiger partial charge is 0.0100 e. The van der Waals surface area contributed by atoms with Crippen molar-refractivity contribution in [2.75, 3.05) is 0 Å². The van der Waals surface area contributed by atoms with Crippen molar-refractivity contribution < 1.29 is 0 Å². The second-order valence-corrected chi connectivity index (χ2v) is 11.1. The Morgan fingerprint density at radius 3 is 2.10 bits per heavy atom. The van der Waals surface area contributed by atoms with Gasteiger partial charge < -0.3 is 0 Å². The van der Waals surface area contributed by atoms with Gasteiger partial charge in [-0.3, -0.25) is 0 Å². The number of fused-ring (bicyclic) bond motifs is 1. The molecule has 166 valence electrons. The van der Waals surface area contributed by atoms with Gasteiger partial charge in [-0.25, -0.2) is 0 Å². The summed E-state index contributed by atoms with van der Waals surface area (Å²) in [6.45, 7) is 6.21. The van der Waals surface area contributed by atoms with Gasteiger partial charge >= 0.3 is 0 Å². The molecular formula is C30H46. The second kappa shape index (κ2) is 11.0. The Morgan fingerprint density at radius 1 is 0.767 bits per heavy atom. The van der Waals surface area contributed by atoms with Crippen LogP contribution in [0.5, 0.6) is 0 Å². The fourth-order valence-corrected chi connectivity index (χ4v) is 7.38. The summed E-state index contributed by atoms with van der Waals surface area (Å²) in [6.07, 6.45) is 24.1. The molecule has 1 aromatic carbocycles. The number of rotatable bonds is 8. The van der Waals surface area contributed by atoms with E-state index in [0.29, 0.717) is 0 Å². The van der Waals surface area contributed by atoms with E-state index >= 15 is 0 Å². The Bertz CT molecular complexity index is 633. The molecule has 0 heterocycles. The van der Waals surface area contributed by atoms with Crippen molar-refractivity contribution >= 4 is 0 Å². The number of unbranched alkanes of at least 4 members (excludes halogenated alkanes) is 2. The standard InChI is InChI=1S/C30H46/c1-3-5-6-8-24-11-15-26(16-12-24)28-18-20-29-21-27(17-19-30(29)22-28)25-13-9-23(7-4-2)10-14-25/h4,9-10,13-14,24,26-30H,2-3,5-8,11-12,15-22H2,1H3. The van der Waals surface area contributed by atoms with Crippen LogP contribution in [-0.2, 0) is 6.42 Å². The van der Waals surface area contributed by atoms with Crippen molar-refractivity contribution in [3.8, 4) is 0 Å². The molecular weight excluding hydrogens is 360 g/mol. The molecule has 0 saturated heterocycles. The third kappa shape index (κ3) is 5.60. The average Bonchev–Trinajstić information content (AvgIpc) is 2.80. The summed E-state index contributed by atoms with van der Waals surface area (Å²) in [5.74, 6) is 6.08. The molecule has 3 saturated carbocycles. The molecule has 30 heavy (non-hydrogen) atoms. The molecule has 0 aliphatic heterocycles. The van der Waals surface area contributed by atoms with Crippen LogP contribution >= 0.6 is 0 Å². The van der Waals surface area contributed by atoms with Gasteiger partial charge in [0.25, 0.3) is 0 Å². The van der Waals surface area contributed by atoms with Gasteiger partial charge in [-0.2, -0.15) is 0 Å². The van der Waals surface area contributed by atoms with Gasteiger partial charge in [0, 0.05) is 0 Å². The average molecular weight is 407 g/mol. The first-order valence-electron chi connectivity index (χ1n) is 13.5. The number of benzene rings is 1. The molecule has 3 aliphatic rings. The van der Waals surface area contributed by atoms with Gasteiger partial charge in [-0.05, 0) is 104 Å². The molecule has 4 unspecified atom stereocenters. The van der Waals surface area contributed by atoms with E-state index in [2.05, 4.69) is 37.8 Å². The van der Waals surface area contributed by atoms with Crippen molar-refractivity contribution in [3.63, 3.8) is 0 Å². The third-order valence-corrected chi connectivity index (χ3v) is 9.26. The highest BCUT2D eigenvalue weighted by Crippen LogP contribution is 2.51. The minimum Gasteiger partial charge on any atom is -0.103 e. The topological polar surface area (TPSA) is 0 Å². The molecule has 0 nitrogen and oxygen atoms in total. The fourth-order valence-electron chi connectivity index (χ4n) is 7.38. The Balaban J connectivity index is 1.23. The van der Waals surface area contributed by atoms with Gasteiger partial charge in [0.1, 0.15) is 0 Å². The zero-order valence-electron chi connectivity index (χ0n) is 19.7. The Morgan fingerprint density at radius 2 is 1.40 bits per heavy atom. The quantitative estimate of drug-likeness (QED) is 0.298. The Labute approximate surface area is 186 Å². The SMILES string of the molecule is C=CCc1ccc(C2CCC3CC(C4CCC(CCCCC)CC4)CCC3C2)cc1. The highest BCUT2D eigenvalue weighted by atomic mass is 14.4. The molecule has 0 spiro atoms. The number of hydrogen-bond donors (Lipinski definition) is 0. The van der Waals surface area contributed by atoms with Crippen molar-refractivity contribution in [2.24, 2.45) is 29.6 Å². The molecule has 3 aliphatic carbocycles. The van der Waals surface area contributed by atoms with Gasteiger partial charge in [0.05, 0.1) is 0 Å². The third-order valence-electron chi connectivity index (χ3n) is 9.26. The van der Waals surface area contributed by atoms with Gasteiger partial charge in [-0.15, -0.1) is 6.58 Å². The number of hydrogen-bond acceptors (Lipinski definition) is 0. The highest BCUT2D eigenvalue weighted by Gasteiger charge is 2.38. The fraction of sp³-hybridized carbons (Fsp3) is 0.733. The van der Waals surface area contributed by atoms with Gasteiger partial charge in [-0.1, -0.05) is 75.8 Å². The summed E-state index contributed by atoms with van der Waals surface area (Å²) in [4.78, 5) is 0. The predicted octanol–water partition coefficient (Wildman–Crippen LogP) is 9.10. The summed E-state index contributed by atoms with van der Waals surface area (Å²) in [5, 5.41) is 0. The highest BCUT2D eigenvalue weighted by molar-refractivity contribution is 5.27. The summed E-state index contributed by atoms with van der Waals surface area (Å²) in [7, 11) is 0. The van der Waals surface area contributed by atoms with Crippen LogP contribution < -0.4 is 0 Å². The van der Waals surface area contributed by atoms with Crippen molar-refractivity contribution in [2.45, 2.75) is 109 Å². The van der Waals surface area contributed by atoms with Crippen molar-refractivity contribution in [1.82, 2.24) is 0 Å². The van der Waals surface area contributed by atoms with Gasteiger partial charge in [0.15, 0.2) is 0 Å². The molecule has 0 amide bonds. The van der Waals surface area contributed by atoms with Crippen LogP contribution in [0.1, 0.15) is 114 Å². The first-order chi connectivity index (χ1) is 14.8.